The van der Waals surface area contributed by atoms with Gasteiger partial charge in [-0.25, -0.2) is 9.67 Å². The van der Waals surface area contributed by atoms with E-state index in [9.17, 15) is 0 Å². The molecule has 1 atom stereocenters. The number of rotatable bonds is 5. The number of hydrogen-bond acceptors (Lipinski definition) is 3. The number of H-pyrrole nitrogens is 1. The van der Waals surface area contributed by atoms with Crippen LogP contribution in [-0.2, 0) is 19.4 Å². The predicted molar refractivity (Wildman–Crippen MR) is 113 cm³/mol. The Morgan fingerprint density at radius 1 is 1.43 bits per heavy atom. The molecular formula is C20H26ClN7. The molecule has 0 spiro atoms. The molecule has 1 aliphatic heterocycles. The number of hydrogen-bond donors (Lipinski definition) is 3. The summed E-state index contributed by atoms with van der Waals surface area (Å²) in [7, 11) is 0. The Hall–Kier alpha value is -2.54. The van der Waals surface area contributed by atoms with Gasteiger partial charge in [-0.3, -0.25) is 4.99 Å². The van der Waals surface area contributed by atoms with Gasteiger partial charge in [0, 0.05) is 47.7 Å². The fourth-order valence-electron chi connectivity index (χ4n) is 3.71. The van der Waals surface area contributed by atoms with E-state index in [0.29, 0.717) is 12.6 Å². The lowest BCUT2D eigenvalue weighted by Crippen LogP contribution is -2.47. The molecule has 148 valence electrons. The third-order valence-corrected chi connectivity index (χ3v) is 5.26. The Labute approximate surface area is 169 Å². The number of aromatic nitrogens is 4. The van der Waals surface area contributed by atoms with Crippen molar-refractivity contribution in [1.29, 1.82) is 0 Å². The minimum absolute atomic E-state index is 0.304. The van der Waals surface area contributed by atoms with Crippen LogP contribution in [0.2, 0.25) is 5.02 Å². The smallest absolute Gasteiger partial charge is 0.191 e. The number of aliphatic imine (C=N–C) groups is 1. The van der Waals surface area contributed by atoms with E-state index in [1.807, 2.05) is 36.0 Å². The van der Waals surface area contributed by atoms with Crippen LogP contribution in [0.25, 0.3) is 10.9 Å². The Bertz CT molecular complexity index is 988. The molecule has 0 saturated carbocycles. The summed E-state index contributed by atoms with van der Waals surface area (Å²) < 4.78 is 2.01. The first-order valence-electron chi connectivity index (χ1n) is 9.83. The van der Waals surface area contributed by atoms with Crippen LogP contribution in [0.3, 0.4) is 0 Å². The van der Waals surface area contributed by atoms with Crippen molar-refractivity contribution >= 4 is 28.5 Å². The Kier molecular flexibility index (Phi) is 5.52. The molecule has 1 unspecified atom stereocenters. The third kappa shape index (κ3) is 4.14. The average Bonchev–Trinajstić information content (AvgIpc) is 3.23. The second-order valence-corrected chi connectivity index (χ2v) is 7.59. The summed E-state index contributed by atoms with van der Waals surface area (Å²) in [6.45, 7) is 6.38. The molecule has 1 aromatic carbocycles. The summed E-state index contributed by atoms with van der Waals surface area (Å²) >= 11 is 6.15. The molecule has 0 fully saturated rings. The molecule has 3 aromatic rings. The zero-order valence-electron chi connectivity index (χ0n) is 16.3. The molecule has 0 radical (unpaired) electrons. The van der Waals surface area contributed by atoms with Gasteiger partial charge < -0.3 is 15.6 Å². The number of benzene rings is 1. The molecule has 0 amide bonds. The van der Waals surface area contributed by atoms with E-state index >= 15 is 0 Å². The zero-order valence-corrected chi connectivity index (χ0v) is 17.1. The summed E-state index contributed by atoms with van der Waals surface area (Å²) in [5, 5.41) is 13.3. The van der Waals surface area contributed by atoms with Crippen molar-refractivity contribution in [2.75, 3.05) is 13.1 Å². The number of nitrogens with one attached hydrogen (secondary N) is 3. The first kappa shape index (κ1) is 18.8. The first-order chi connectivity index (χ1) is 13.6. The van der Waals surface area contributed by atoms with Crippen molar-refractivity contribution in [2.45, 2.75) is 45.7 Å². The van der Waals surface area contributed by atoms with Gasteiger partial charge in [0.2, 0.25) is 0 Å². The summed E-state index contributed by atoms with van der Waals surface area (Å²) in [4.78, 5) is 12.6. The molecule has 0 bridgehead atoms. The van der Waals surface area contributed by atoms with Crippen LogP contribution in [0.15, 0.2) is 29.4 Å². The molecular weight excluding hydrogens is 374 g/mol. The Morgan fingerprint density at radius 2 is 2.32 bits per heavy atom. The van der Waals surface area contributed by atoms with Crippen molar-refractivity contribution in [1.82, 2.24) is 30.4 Å². The molecule has 0 saturated heterocycles. The van der Waals surface area contributed by atoms with Gasteiger partial charge in [-0.2, -0.15) is 5.10 Å². The highest BCUT2D eigenvalue weighted by atomic mass is 35.5. The van der Waals surface area contributed by atoms with Gasteiger partial charge in [0.1, 0.15) is 11.6 Å². The van der Waals surface area contributed by atoms with E-state index in [0.717, 1.165) is 60.5 Å². The Morgan fingerprint density at radius 3 is 3.18 bits per heavy atom. The van der Waals surface area contributed by atoms with Crippen LogP contribution in [0.4, 0.5) is 0 Å². The fraction of sp³-hybridized carbons (Fsp3) is 0.450. The monoisotopic (exact) mass is 399 g/mol. The summed E-state index contributed by atoms with van der Waals surface area (Å²) in [6.07, 6.45) is 4.87. The van der Waals surface area contributed by atoms with Gasteiger partial charge in [0.05, 0.1) is 6.54 Å². The molecule has 4 rings (SSSR count). The number of aromatic amines is 1. The number of guanidine groups is 1. The lowest BCUT2D eigenvalue weighted by molar-refractivity contribution is 0.392. The minimum atomic E-state index is 0.304. The normalized spacial score (nSPS) is 17.0. The van der Waals surface area contributed by atoms with Crippen molar-refractivity contribution in [3.05, 3.63) is 46.6 Å². The van der Waals surface area contributed by atoms with Crippen molar-refractivity contribution in [3.63, 3.8) is 0 Å². The second kappa shape index (κ2) is 8.22. The van der Waals surface area contributed by atoms with E-state index in [1.165, 1.54) is 10.9 Å². The van der Waals surface area contributed by atoms with Crippen molar-refractivity contribution in [3.8, 4) is 0 Å². The first-order valence-corrected chi connectivity index (χ1v) is 10.2. The topological polar surface area (TPSA) is 82.9 Å². The quantitative estimate of drug-likeness (QED) is 0.455. The molecule has 0 aliphatic carbocycles. The maximum absolute atomic E-state index is 6.15. The maximum atomic E-state index is 6.15. The Balaban J connectivity index is 1.40. The average molecular weight is 400 g/mol. The number of nitrogens with zero attached hydrogens (tertiary/aromatic N) is 4. The van der Waals surface area contributed by atoms with Crippen LogP contribution in [-0.4, -0.2) is 44.8 Å². The van der Waals surface area contributed by atoms with Gasteiger partial charge in [-0.15, -0.1) is 0 Å². The summed E-state index contributed by atoms with van der Waals surface area (Å²) in [6, 6.07) is 6.23. The van der Waals surface area contributed by atoms with Crippen molar-refractivity contribution in [2.24, 2.45) is 4.99 Å². The number of fused-ring (bicyclic) bond motifs is 2. The second-order valence-electron chi connectivity index (χ2n) is 7.15. The minimum Gasteiger partial charge on any atom is -0.361 e. The van der Waals surface area contributed by atoms with Gasteiger partial charge in [-0.1, -0.05) is 11.6 Å². The van der Waals surface area contributed by atoms with Gasteiger partial charge in [-0.05, 0) is 50.5 Å². The van der Waals surface area contributed by atoms with Crippen LogP contribution in [0.5, 0.6) is 0 Å². The lowest BCUT2D eigenvalue weighted by Gasteiger charge is -2.25. The molecule has 8 heteroatoms. The highest BCUT2D eigenvalue weighted by Crippen LogP contribution is 2.22. The summed E-state index contributed by atoms with van der Waals surface area (Å²) in [5.74, 6) is 2.77. The number of aryl methyl sites for hydroxylation is 2. The fourth-order valence-corrected chi connectivity index (χ4v) is 3.88. The van der Waals surface area contributed by atoms with E-state index in [2.05, 4.69) is 32.6 Å². The maximum Gasteiger partial charge on any atom is 0.191 e. The summed E-state index contributed by atoms with van der Waals surface area (Å²) in [5.41, 5.74) is 2.34. The molecule has 7 nitrogen and oxygen atoms in total. The van der Waals surface area contributed by atoms with Gasteiger partial charge >= 0.3 is 0 Å². The predicted octanol–water partition coefficient (Wildman–Crippen LogP) is 2.83. The van der Waals surface area contributed by atoms with Gasteiger partial charge in [0.25, 0.3) is 0 Å². The molecule has 2 aromatic heterocycles. The molecule has 1 aliphatic rings. The zero-order chi connectivity index (χ0) is 19.5. The standard InChI is InChI=1S/C20H26ClN7/c1-3-22-20(26-16-5-7-19-25-13(2)27-28(19)12-16)23-9-8-14-11-24-18-6-4-15(21)10-17(14)18/h4,6,10-11,16,24H,3,5,7-9,12H2,1-2H3,(H2,22,23,26). The van der Waals surface area contributed by atoms with Crippen LogP contribution < -0.4 is 10.6 Å². The van der Waals surface area contributed by atoms with Crippen LogP contribution in [0.1, 0.15) is 30.6 Å². The van der Waals surface area contributed by atoms with Crippen molar-refractivity contribution < 1.29 is 0 Å². The van der Waals surface area contributed by atoms with Crippen LogP contribution in [0, 0.1) is 6.92 Å². The highest BCUT2D eigenvalue weighted by molar-refractivity contribution is 6.31. The van der Waals surface area contributed by atoms with Crippen LogP contribution >= 0.6 is 11.6 Å². The lowest BCUT2D eigenvalue weighted by atomic mass is 10.1. The highest BCUT2D eigenvalue weighted by Gasteiger charge is 2.21. The number of halogens is 1. The SMILES string of the molecule is CCNC(=NCCc1c[nH]c2ccc(Cl)cc12)NC1CCc2nc(C)nn2C1. The van der Waals surface area contributed by atoms with Gasteiger partial charge in [0.15, 0.2) is 5.96 Å². The molecule has 3 N–H and O–H groups in total. The molecule has 3 heterocycles. The third-order valence-electron chi connectivity index (χ3n) is 5.03. The van der Waals surface area contributed by atoms with E-state index in [-0.39, 0.29) is 0 Å². The van der Waals surface area contributed by atoms with E-state index in [1.54, 1.807) is 0 Å². The van der Waals surface area contributed by atoms with E-state index in [4.69, 9.17) is 16.6 Å². The largest absolute Gasteiger partial charge is 0.361 e. The molecule has 28 heavy (non-hydrogen) atoms. The van der Waals surface area contributed by atoms with E-state index < -0.39 is 0 Å².